The summed E-state index contributed by atoms with van der Waals surface area (Å²) < 4.78 is 0. The lowest BCUT2D eigenvalue weighted by Gasteiger charge is -2.02. The Bertz CT molecular complexity index is 629. The van der Waals surface area contributed by atoms with Gasteiger partial charge in [0.05, 0.1) is 11.3 Å². The fourth-order valence-corrected chi connectivity index (χ4v) is 1.65. The first-order valence-electron chi connectivity index (χ1n) is 5.17. The van der Waals surface area contributed by atoms with Crippen molar-refractivity contribution in [2.45, 2.75) is 0 Å². The van der Waals surface area contributed by atoms with Gasteiger partial charge in [-0.15, -0.1) is 0 Å². The van der Waals surface area contributed by atoms with Gasteiger partial charge >= 0.3 is 0 Å². The van der Waals surface area contributed by atoms with Crippen LogP contribution in [-0.4, -0.2) is 10.2 Å². The SMILES string of the molecule is N#Cc1ccc(C(Cl)=Nc2ccccc2)c(N)n1. The Balaban J connectivity index is 2.38. The van der Waals surface area contributed by atoms with Crippen molar-refractivity contribution in [3.63, 3.8) is 0 Å². The molecule has 18 heavy (non-hydrogen) atoms. The lowest BCUT2D eigenvalue weighted by Crippen LogP contribution is -2.02. The number of halogens is 1. The number of aliphatic imine (C=N–C) groups is 1. The van der Waals surface area contributed by atoms with Gasteiger partial charge in [-0.2, -0.15) is 5.26 Å². The van der Waals surface area contributed by atoms with Gasteiger partial charge in [-0.1, -0.05) is 29.8 Å². The molecule has 4 nitrogen and oxygen atoms in total. The van der Waals surface area contributed by atoms with Crippen molar-refractivity contribution < 1.29 is 0 Å². The number of nitrogens with zero attached hydrogens (tertiary/aromatic N) is 3. The van der Waals surface area contributed by atoms with E-state index in [0.717, 1.165) is 5.69 Å². The number of nitriles is 1. The molecule has 0 amide bonds. The molecule has 2 aromatic rings. The van der Waals surface area contributed by atoms with E-state index in [0.29, 0.717) is 5.56 Å². The molecule has 0 aliphatic carbocycles. The van der Waals surface area contributed by atoms with E-state index in [1.165, 1.54) is 0 Å². The van der Waals surface area contributed by atoms with Gasteiger partial charge in [0.15, 0.2) is 0 Å². The third-order valence-corrected chi connectivity index (χ3v) is 2.53. The van der Waals surface area contributed by atoms with Crippen LogP contribution in [0.15, 0.2) is 47.5 Å². The number of anilines is 1. The highest BCUT2D eigenvalue weighted by Gasteiger charge is 2.07. The van der Waals surface area contributed by atoms with Crippen molar-refractivity contribution in [1.29, 1.82) is 5.26 Å². The number of aromatic nitrogens is 1. The fourth-order valence-electron chi connectivity index (χ4n) is 1.39. The van der Waals surface area contributed by atoms with E-state index in [2.05, 4.69) is 9.98 Å². The minimum Gasteiger partial charge on any atom is -0.383 e. The number of rotatable bonds is 2. The number of hydrogen-bond donors (Lipinski definition) is 1. The highest BCUT2D eigenvalue weighted by Crippen LogP contribution is 2.18. The summed E-state index contributed by atoms with van der Waals surface area (Å²) >= 11 is 6.09. The Morgan fingerprint density at radius 2 is 1.94 bits per heavy atom. The van der Waals surface area contributed by atoms with Crippen molar-refractivity contribution in [3.8, 4) is 6.07 Å². The third kappa shape index (κ3) is 2.65. The van der Waals surface area contributed by atoms with Gasteiger partial charge in [-0.25, -0.2) is 9.98 Å². The summed E-state index contributed by atoms with van der Waals surface area (Å²) in [6, 6.07) is 14.4. The summed E-state index contributed by atoms with van der Waals surface area (Å²) in [5.74, 6) is 0.193. The van der Waals surface area contributed by atoms with Gasteiger partial charge in [0, 0.05) is 0 Å². The lowest BCUT2D eigenvalue weighted by atomic mass is 10.2. The maximum Gasteiger partial charge on any atom is 0.142 e. The summed E-state index contributed by atoms with van der Waals surface area (Å²) in [4.78, 5) is 8.13. The summed E-state index contributed by atoms with van der Waals surface area (Å²) in [5.41, 5.74) is 7.22. The third-order valence-electron chi connectivity index (χ3n) is 2.24. The van der Waals surface area contributed by atoms with Crippen LogP contribution in [0.2, 0.25) is 0 Å². The molecule has 2 N–H and O–H groups in total. The summed E-state index contributed by atoms with van der Waals surface area (Å²) in [6.07, 6.45) is 0. The molecule has 1 aromatic carbocycles. The first kappa shape index (κ1) is 12.1. The second-order valence-corrected chi connectivity index (χ2v) is 3.84. The second kappa shape index (κ2) is 5.30. The van der Waals surface area contributed by atoms with Gasteiger partial charge < -0.3 is 5.73 Å². The number of nitrogen functional groups attached to an aromatic ring is 1. The maximum atomic E-state index is 8.70. The Labute approximate surface area is 109 Å². The smallest absolute Gasteiger partial charge is 0.142 e. The Hall–Kier alpha value is -2.38. The highest BCUT2D eigenvalue weighted by molar-refractivity contribution is 6.70. The van der Waals surface area contributed by atoms with E-state index in [4.69, 9.17) is 22.6 Å². The zero-order valence-electron chi connectivity index (χ0n) is 9.34. The van der Waals surface area contributed by atoms with E-state index in [-0.39, 0.29) is 16.7 Å². The first-order valence-corrected chi connectivity index (χ1v) is 5.55. The standard InChI is InChI=1S/C13H9ClN4/c14-12(17-9-4-2-1-3-5-9)11-7-6-10(8-15)18-13(11)16/h1-7H,(H2,16,18). The second-order valence-electron chi connectivity index (χ2n) is 3.48. The molecule has 88 valence electrons. The molecule has 0 bridgehead atoms. The molecule has 0 spiro atoms. The minimum atomic E-state index is 0.193. The molecule has 0 aliphatic rings. The van der Waals surface area contributed by atoms with Crippen LogP contribution in [0.4, 0.5) is 11.5 Å². The number of para-hydroxylation sites is 1. The molecular weight excluding hydrogens is 248 g/mol. The van der Waals surface area contributed by atoms with Crippen molar-refractivity contribution in [1.82, 2.24) is 4.98 Å². The number of benzene rings is 1. The zero-order valence-corrected chi connectivity index (χ0v) is 10.1. The average Bonchev–Trinajstić information content (AvgIpc) is 2.39. The lowest BCUT2D eigenvalue weighted by molar-refractivity contribution is 1.26. The molecule has 0 saturated carbocycles. The van der Waals surface area contributed by atoms with Gasteiger partial charge in [-0.3, -0.25) is 0 Å². The Morgan fingerprint density at radius 3 is 2.56 bits per heavy atom. The fraction of sp³-hybridized carbons (Fsp3) is 0. The zero-order chi connectivity index (χ0) is 13.0. The molecule has 0 saturated heterocycles. The van der Waals surface area contributed by atoms with Gasteiger partial charge in [-0.05, 0) is 24.3 Å². The molecule has 0 radical (unpaired) electrons. The van der Waals surface area contributed by atoms with Gasteiger partial charge in [0.25, 0.3) is 0 Å². The predicted molar refractivity (Wildman–Crippen MR) is 71.9 cm³/mol. The minimum absolute atomic E-state index is 0.193. The van der Waals surface area contributed by atoms with Crippen molar-refractivity contribution in [2.75, 3.05) is 5.73 Å². The van der Waals surface area contributed by atoms with Crippen LogP contribution >= 0.6 is 11.6 Å². The van der Waals surface area contributed by atoms with Crippen LogP contribution in [0, 0.1) is 11.3 Å². The molecule has 5 heteroatoms. The quantitative estimate of drug-likeness (QED) is 0.840. The van der Waals surface area contributed by atoms with Gasteiger partial charge in [0.1, 0.15) is 22.8 Å². The van der Waals surface area contributed by atoms with Crippen molar-refractivity contribution >= 4 is 28.3 Å². The number of pyridine rings is 1. The molecule has 2 rings (SSSR count). The van der Waals surface area contributed by atoms with Crippen LogP contribution in [0.1, 0.15) is 11.3 Å². The predicted octanol–water partition coefficient (Wildman–Crippen LogP) is 2.85. The van der Waals surface area contributed by atoms with Crippen LogP contribution in [-0.2, 0) is 0 Å². The first-order chi connectivity index (χ1) is 8.70. The summed E-state index contributed by atoms with van der Waals surface area (Å²) in [5, 5.41) is 8.94. The van der Waals surface area contributed by atoms with E-state index >= 15 is 0 Å². The number of hydrogen-bond acceptors (Lipinski definition) is 4. The summed E-state index contributed by atoms with van der Waals surface area (Å²) in [6.45, 7) is 0. The molecule has 0 fully saturated rings. The Morgan fingerprint density at radius 1 is 1.22 bits per heavy atom. The molecule has 0 unspecified atom stereocenters. The van der Waals surface area contributed by atoms with Gasteiger partial charge in [0.2, 0.25) is 0 Å². The topological polar surface area (TPSA) is 75.1 Å². The molecule has 1 heterocycles. The van der Waals surface area contributed by atoms with Crippen LogP contribution < -0.4 is 5.73 Å². The van der Waals surface area contributed by atoms with E-state index in [1.807, 2.05) is 36.4 Å². The maximum absolute atomic E-state index is 8.70. The molecule has 1 aromatic heterocycles. The molecule has 0 aliphatic heterocycles. The van der Waals surface area contributed by atoms with Crippen LogP contribution in [0.5, 0.6) is 0 Å². The number of nitrogens with two attached hydrogens (primary N) is 1. The summed E-state index contributed by atoms with van der Waals surface area (Å²) in [7, 11) is 0. The monoisotopic (exact) mass is 256 g/mol. The van der Waals surface area contributed by atoms with Crippen molar-refractivity contribution in [2.24, 2.45) is 4.99 Å². The van der Waals surface area contributed by atoms with Crippen molar-refractivity contribution in [3.05, 3.63) is 53.7 Å². The van der Waals surface area contributed by atoms with E-state index < -0.39 is 0 Å². The molecular formula is C13H9ClN4. The van der Waals surface area contributed by atoms with Crippen LogP contribution in [0.3, 0.4) is 0 Å². The largest absolute Gasteiger partial charge is 0.383 e. The Kier molecular flexibility index (Phi) is 3.56. The normalized spacial score (nSPS) is 11.0. The van der Waals surface area contributed by atoms with E-state index in [1.54, 1.807) is 12.1 Å². The molecule has 0 atom stereocenters. The van der Waals surface area contributed by atoms with E-state index in [9.17, 15) is 0 Å². The van der Waals surface area contributed by atoms with Crippen LogP contribution in [0.25, 0.3) is 0 Å². The highest BCUT2D eigenvalue weighted by atomic mass is 35.5. The average molecular weight is 257 g/mol.